The molecule has 2 aromatic heterocycles. The SMILES string of the molecule is Cn1nc2n(c1=O)CCN(CCCc1nc(-c3cccc(C(F)(F)F)c3)no1)C2. The van der Waals surface area contributed by atoms with Gasteiger partial charge in [0.15, 0.2) is 0 Å². The molecule has 0 spiro atoms. The van der Waals surface area contributed by atoms with Gasteiger partial charge in [0, 0.05) is 32.1 Å². The normalized spacial score (nSPS) is 14.9. The van der Waals surface area contributed by atoms with Crippen LogP contribution >= 0.6 is 0 Å². The van der Waals surface area contributed by atoms with Crippen molar-refractivity contribution in [2.75, 3.05) is 13.1 Å². The molecule has 154 valence electrons. The molecule has 1 aliphatic heterocycles. The second-order valence-corrected chi connectivity index (χ2v) is 6.94. The van der Waals surface area contributed by atoms with Gasteiger partial charge in [0.1, 0.15) is 5.82 Å². The van der Waals surface area contributed by atoms with Gasteiger partial charge in [0.05, 0.1) is 12.1 Å². The summed E-state index contributed by atoms with van der Waals surface area (Å²) in [5.74, 6) is 1.26. The summed E-state index contributed by atoms with van der Waals surface area (Å²) in [4.78, 5) is 18.3. The van der Waals surface area contributed by atoms with Gasteiger partial charge in [-0.15, -0.1) is 0 Å². The van der Waals surface area contributed by atoms with E-state index in [4.69, 9.17) is 4.52 Å². The van der Waals surface area contributed by atoms with Gasteiger partial charge >= 0.3 is 11.9 Å². The van der Waals surface area contributed by atoms with Crippen LogP contribution in [0.5, 0.6) is 0 Å². The lowest BCUT2D eigenvalue weighted by Crippen LogP contribution is -2.38. The summed E-state index contributed by atoms with van der Waals surface area (Å²) in [5.41, 5.74) is -0.592. The first-order valence-corrected chi connectivity index (χ1v) is 9.16. The zero-order valence-electron chi connectivity index (χ0n) is 15.7. The molecule has 4 rings (SSSR count). The summed E-state index contributed by atoms with van der Waals surface area (Å²) < 4.78 is 46.8. The van der Waals surface area contributed by atoms with Crippen LogP contribution in [0.1, 0.15) is 23.7 Å². The van der Waals surface area contributed by atoms with E-state index in [0.29, 0.717) is 25.4 Å². The van der Waals surface area contributed by atoms with Crippen LogP contribution in [-0.2, 0) is 32.7 Å². The first-order valence-electron chi connectivity index (χ1n) is 9.16. The smallest absolute Gasteiger partial charge is 0.339 e. The van der Waals surface area contributed by atoms with Crippen molar-refractivity contribution in [3.05, 3.63) is 52.0 Å². The molecule has 1 aliphatic rings. The topological polar surface area (TPSA) is 82.0 Å². The van der Waals surface area contributed by atoms with Gasteiger partial charge in [-0.2, -0.15) is 23.3 Å². The number of hydrogen-bond acceptors (Lipinski definition) is 6. The van der Waals surface area contributed by atoms with Crippen molar-refractivity contribution >= 4 is 0 Å². The number of halogens is 3. The lowest BCUT2D eigenvalue weighted by Gasteiger charge is -2.26. The lowest BCUT2D eigenvalue weighted by atomic mass is 10.1. The van der Waals surface area contributed by atoms with E-state index in [0.717, 1.165) is 37.5 Å². The highest BCUT2D eigenvalue weighted by Crippen LogP contribution is 2.31. The Bertz CT molecular complexity index is 1070. The van der Waals surface area contributed by atoms with Gasteiger partial charge in [0.2, 0.25) is 11.7 Å². The minimum Gasteiger partial charge on any atom is -0.339 e. The quantitative estimate of drug-likeness (QED) is 0.643. The predicted molar refractivity (Wildman–Crippen MR) is 95.8 cm³/mol. The van der Waals surface area contributed by atoms with Crippen molar-refractivity contribution in [3.8, 4) is 11.4 Å². The van der Waals surface area contributed by atoms with Gasteiger partial charge in [-0.05, 0) is 25.1 Å². The zero-order valence-corrected chi connectivity index (χ0v) is 15.7. The average molecular weight is 408 g/mol. The lowest BCUT2D eigenvalue weighted by molar-refractivity contribution is -0.137. The fraction of sp³-hybridized carbons (Fsp3) is 0.444. The molecule has 8 nitrogen and oxygen atoms in total. The minimum atomic E-state index is -4.42. The van der Waals surface area contributed by atoms with Crippen LogP contribution in [0.25, 0.3) is 11.4 Å². The summed E-state index contributed by atoms with van der Waals surface area (Å²) in [6, 6.07) is 4.85. The fourth-order valence-electron chi connectivity index (χ4n) is 3.37. The monoisotopic (exact) mass is 408 g/mol. The van der Waals surface area contributed by atoms with Gasteiger partial charge < -0.3 is 4.52 Å². The maximum Gasteiger partial charge on any atom is 0.416 e. The molecule has 0 atom stereocenters. The highest BCUT2D eigenvalue weighted by atomic mass is 19.4. The third-order valence-electron chi connectivity index (χ3n) is 4.87. The summed E-state index contributed by atoms with van der Waals surface area (Å²) in [6.45, 7) is 2.70. The standard InChI is InChI=1S/C18H19F3N6O2/c1-25-17(28)27-9-8-26(11-14(27)23-25)7-3-6-15-22-16(24-29-15)12-4-2-5-13(10-12)18(19,20)21/h2,4-5,10H,3,6-9,11H2,1H3. The Hall–Kier alpha value is -2.95. The number of rotatable bonds is 5. The highest BCUT2D eigenvalue weighted by Gasteiger charge is 2.30. The maximum atomic E-state index is 12.9. The average Bonchev–Trinajstić information content (AvgIpc) is 3.26. The maximum absolute atomic E-state index is 12.9. The van der Waals surface area contributed by atoms with Crippen LogP contribution in [0.3, 0.4) is 0 Å². The van der Waals surface area contributed by atoms with Crippen LogP contribution in [-0.4, -0.2) is 42.5 Å². The number of alkyl halides is 3. The van der Waals surface area contributed by atoms with Crippen LogP contribution < -0.4 is 5.69 Å². The van der Waals surface area contributed by atoms with Crippen molar-refractivity contribution in [1.82, 2.24) is 29.4 Å². The van der Waals surface area contributed by atoms with Crippen LogP contribution in [0.4, 0.5) is 13.2 Å². The summed E-state index contributed by atoms with van der Waals surface area (Å²) in [6.07, 6.45) is -3.17. The van der Waals surface area contributed by atoms with E-state index in [9.17, 15) is 18.0 Å². The first kappa shape index (κ1) is 19.4. The summed E-state index contributed by atoms with van der Waals surface area (Å²) in [7, 11) is 1.63. The number of aryl methyl sites for hydroxylation is 2. The first-order chi connectivity index (χ1) is 13.8. The number of nitrogens with zero attached hydrogens (tertiary/aromatic N) is 6. The molecule has 0 amide bonds. The molecule has 11 heteroatoms. The molecule has 3 aromatic rings. The largest absolute Gasteiger partial charge is 0.416 e. The van der Waals surface area contributed by atoms with Crippen LogP contribution in [0.15, 0.2) is 33.6 Å². The van der Waals surface area contributed by atoms with Crippen molar-refractivity contribution in [1.29, 1.82) is 0 Å². The predicted octanol–water partition coefficient (Wildman–Crippen LogP) is 2.10. The van der Waals surface area contributed by atoms with Crippen LogP contribution in [0, 0.1) is 0 Å². The molecule has 29 heavy (non-hydrogen) atoms. The van der Waals surface area contributed by atoms with Crippen molar-refractivity contribution < 1.29 is 17.7 Å². The van der Waals surface area contributed by atoms with Gasteiger partial charge in [-0.25, -0.2) is 9.48 Å². The molecule has 0 unspecified atom stereocenters. The van der Waals surface area contributed by atoms with E-state index in [1.54, 1.807) is 11.6 Å². The van der Waals surface area contributed by atoms with E-state index >= 15 is 0 Å². The second-order valence-electron chi connectivity index (χ2n) is 6.94. The Morgan fingerprint density at radius 2 is 2.07 bits per heavy atom. The minimum absolute atomic E-state index is 0.104. The third kappa shape index (κ3) is 4.09. The Balaban J connectivity index is 1.34. The molecule has 0 saturated carbocycles. The Morgan fingerprint density at radius 3 is 2.86 bits per heavy atom. The molecular weight excluding hydrogens is 389 g/mol. The molecular formula is C18H19F3N6O2. The Kier molecular flexibility index (Phi) is 4.99. The molecule has 0 N–H and O–H groups in total. The third-order valence-corrected chi connectivity index (χ3v) is 4.87. The van der Waals surface area contributed by atoms with Gasteiger partial charge in [-0.1, -0.05) is 17.3 Å². The second kappa shape index (κ2) is 7.47. The van der Waals surface area contributed by atoms with Crippen molar-refractivity contribution in [2.45, 2.75) is 32.1 Å². The van der Waals surface area contributed by atoms with E-state index in [2.05, 4.69) is 20.1 Å². The zero-order chi connectivity index (χ0) is 20.6. The molecule has 0 saturated heterocycles. The van der Waals surface area contributed by atoms with Crippen molar-refractivity contribution in [2.24, 2.45) is 7.05 Å². The Labute approximate surface area is 163 Å². The van der Waals surface area contributed by atoms with Gasteiger partial charge in [-0.3, -0.25) is 9.47 Å². The number of aromatic nitrogens is 5. The number of hydrogen-bond donors (Lipinski definition) is 0. The van der Waals surface area contributed by atoms with E-state index < -0.39 is 11.7 Å². The molecule has 0 fully saturated rings. The van der Waals surface area contributed by atoms with Gasteiger partial charge in [0.25, 0.3) is 0 Å². The van der Waals surface area contributed by atoms with Crippen LogP contribution in [0.2, 0.25) is 0 Å². The molecule has 3 heterocycles. The number of benzene rings is 1. The molecule has 0 aliphatic carbocycles. The molecule has 1 aromatic carbocycles. The van der Waals surface area contributed by atoms with Crippen molar-refractivity contribution in [3.63, 3.8) is 0 Å². The summed E-state index contributed by atoms with van der Waals surface area (Å²) in [5, 5.41) is 8.03. The van der Waals surface area contributed by atoms with E-state index in [-0.39, 0.29) is 17.1 Å². The number of fused-ring (bicyclic) bond motifs is 1. The highest BCUT2D eigenvalue weighted by molar-refractivity contribution is 5.55. The summed E-state index contributed by atoms with van der Waals surface area (Å²) >= 11 is 0. The Morgan fingerprint density at radius 1 is 1.24 bits per heavy atom. The molecule has 0 radical (unpaired) electrons. The molecule has 0 bridgehead atoms. The van der Waals surface area contributed by atoms with E-state index in [1.807, 2.05) is 0 Å². The fourth-order valence-corrected chi connectivity index (χ4v) is 3.37. The van der Waals surface area contributed by atoms with E-state index in [1.165, 1.54) is 16.8 Å².